The molecule has 0 spiro atoms. The van der Waals surface area contributed by atoms with E-state index in [0.717, 1.165) is 11.3 Å². The maximum absolute atomic E-state index is 10.9. The molecule has 1 aromatic carbocycles. The lowest BCUT2D eigenvalue weighted by Crippen LogP contribution is -2.33. The first-order valence-corrected chi connectivity index (χ1v) is 5.73. The first kappa shape index (κ1) is 12.2. The topological polar surface area (TPSA) is 55.5 Å². The van der Waals surface area contributed by atoms with Gasteiger partial charge >= 0.3 is 0 Å². The zero-order valence-electron chi connectivity index (χ0n) is 10.1. The van der Waals surface area contributed by atoms with Crippen LogP contribution in [0.5, 0.6) is 0 Å². The molecule has 0 saturated heterocycles. The van der Waals surface area contributed by atoms with Gasteiger partial charge in [0.15, 0.2) is 0 Å². The number of nitrogens with zero attached hydrogens (tertiary/aromatic N) is 2. The van der Waals surface area contributed by atoms with E-state index in [0.29, 0.717) is 6.42 Å². The SMILES string of the molecule is CC1([N+](=O)[O-])C=CC(C=Nc2ccccc2)=CC1. The average Bonchev–Trinajstić information content (AvgIpc) is 2.39. The number of rotatable bonds is 3. The average molecular weight is 242 g/mol. The van der Waals surface area contributed by atoms with Crippen molar-refractivity contribution in [2.75, 3.05) is 0 Å². The van der Waals surface area contributed by atoms with Crippen LogP contribution in [-0.4, -0.2) is 16.7 Å². The maximum atomic E-state index is 10.9. The number of benzene rings is 1. The van der Waals surface area contributed by atoms with Gasteiger partial charge < -0.3 is 0 Å². The standard InChI is InChI=1S/C14H14N2O2/c1-14(16(17)18)9-7-12(8-10-14)11-15-13-5-3-2-4-6-13/h2-9,11H,10H2,1H3. The van der Waals surface area contributed by atoms with Crippen LogP contribution in [0.25, 0.3) is 0 Å². The minimum Gasteiger partial charge on any atom is -0.264 e. The van der Waals surface area contributed by atoms with Crippen LogP contribution in [0.3, 0.4) is 0 Å². The molecule has 0 heterocycles. The molecule has 1 aliphatic carbocycles. The van der Waals surface area contributed by atoms with Crippen molar-refractivity contribution in [1.82, 2.24) is 0 Å². The molecule has 0 fully saturated rings. The van der Waals surface area contributed by atoms with Gasteiger partial charge in [0.05, 0.1) is 5.69 Å². The molecule has 92 valence electrons. The van der Waals surface area contributed by atoms with Crippen LogP contribution in [-0.2, 0) is 0 Å². The molecule has 1 unspecified atom stereocenters. The molecule has 0 saturated carbocycles. The van der Waals surface area contributed by atoms with Gasteiger partial charge in [-0.15, -0.1) is 0 Å². The quantitative estimate of drug-likeness (QED) is 0.464. The number of nitro groups is 1. The predicted octanol–water partition coefficient (Wildman–Crippen LogP) is 3.31. The minimum atomic E-state index is -0.982. The second-order valence-corrected chi connectivity index (χ2v) is 4.45. The number of para-hydroxylation sites is 1. The second kappa shape index (κ2) is 4.96. The highest BCUT2D eigenvalue weighted by Crippen LogP contribution is 2.23. The van der Waals surface area contributed by atoms with Gasteiger partial charge in [-0.1, -0.05) is 30.4 Å². The molecule has 0 aliphatic heterocycles. The lowest BCUT2D eigenvalue weighted by Gasteiger charge is -2.18. The molecule has 0 bridgehead atoms. The molecule has 0 radical (unpaired) electrons. The van der Waals surface area contributed by atoms with Gasteiger partial charge in [0.25, 0.3) is 0 Å². The normalized spacial score (nSPS) is 23.1. The van der Waals surface area contributed by atoms with E-state index < -0.39 is 5.54 Å². The van der Waals surface area contributed by atoms with E-state index in [9.17, 15) is 10.1 Å². The molecular weight excluding hydrogens is 228 g/mol. The Kier molecular flexibility index (Phi) is 3.37. The van der Waals surface area contributed by atoms with Crippen molar-refractivity contribution in [2.24, 2.45) is 4.99 Å². The van der Waals surface area contributed by atoms with E-state index in [2.05, 4.69) is 4.99 Å². The second-order valence-electron chi connectivity index (χ2n) is 4.45. The lowest BCUT2D eigenvalue weighted by atomic mass is 9.91. The molecule has 0 amide bonds. The van der Waals surface area contributed by atoms with Gasteiger partial charge in [-0.05, 0) is 23.8 Å². The molecule has 18 heavy (non-hydrogen) atoms. The van der Waals surface area contributed by atoms with Crippen LogP contribution in [0, 0.1) is 10.1 Å². The third-order valence-corrected chi connectivity index (χ3v) is 2.92. The zero-order valence-corrected chi connectivity index (χ0v) is 10.1. The zero-order chi connectivity index (χ0) is 13.0. The van der Waals surface area contributed by atoms with Crippen LogP contribution in [0.1, 0.15) is 13.3 Å². The molecule has 1 aromatic rings. The highest BCUT2D eigenvalue weighted by atomic mass is 16.6. The first-order chi connectivity index (χ1) is 8.60. The third kappa shape index (κ3) is 2.71. The highest BCUT2D eigenvalue weighted by molar-refractivity contribution is 5.84. The maximum Gasteiger partial charge on any atom is 0.241 e. The fourth-order valence-electron chi connectivity index (χ4n) is 1.63. The molecule has 0 N–H and O–H groups in total. The van der Waals surface area contributed by atoms with E-state index in [1.54, 1.807) is 25.3 Å². The highest BCUT2D eigenvalue weighted by Gasteiger charge is 2.34. The van der Waals surface area contributed by atoms with Gasteiger partial charge in [0.1, 0.15) is 0 Å². The summed E-state index contributed by atoms with van der Waals surface area (Å²) in [5, 5.41) is 10.9. The fraction of sp³-hybridized carbons (Fsp3) is 0.214. The van der Waals surface area contributed by atoms with Crippen molar-refractivity contribution < 1.29 is 4.92 Å². The molecule has 4 heteroatoms. The molecule has 0 aromatic heterocycles. The summed E-state index contributed by atoms with van der Waals surface area (Å²) in [6, 6.07) is 9.58. The molecule has 4 nitrogen and oxygen atoms in total. The van der Waals surface area contributed by atoms with Crippen LogP contribution in [0.2, 0.25) is 0 Å². The monoisotopic (exact) mass is 242 g/mol. The van der Waals surface area contributed by atoms with Gasteiger partial charge in [-0.2, -0.15) is 0 Å². The third-order valence-electron chi connectivity index (χ3n) is 2.92. The first-order valence-electron chi connectivity index (χ1n) is 5.73. The van der Waals surface area contributed by atoms with Crippen molar-refractivity contribution in [3.8, 4) is 0 Å². The van der Waals surface area contributed by atoms with Crippen LogP contribution >= 0.6 is 0 Å². The summed E-state index contributed by atoms with van der Waals surface area (Å²) in [5.74, 6) is 0. The number of hydrogen-bond acceptors (Lipinski definition) is 3. The fourth-order valence-corrected chi connectivity index (χ4v) is 1.63. The van der Waals surface area contributed by atoms with Crippen LogP contribution in [0.15, 0.2) is 59.1 Å². The number of aliphatic imine (C=N–C) groups is 1. The van der Waals surface area contributed by atoms with Crippen molar-refractivity contribution in [3.63, 3.8) is 0 Å². The lowest BCUT2D eigenvalue weighted by molar-refractivity contribution is -0.549. The summed E-state index contributed by atoms with van der Waals surface area (Å²) in [6.45, 7) is 1.62. The van der Waals surface area contributed by atoms with E-state index in [-0.39, 0.29) is 4.92 Å². The number of hydrogen-bond donors (Lipinski definition) is 0. The summed E-state index contributed by atoms with van der Waals surface area (Å²) in [6.07, 6.45) is 7.34. The van der Waals surface area contributed by atoms with E-state index in [4.69, 9.17) is 0 Å². The van der Waals surface area contributed by atoms with Gasteiger partial charge in [0.2, 0.25) is 5.54 Å². The summed E-state index contributed by atoms with van der Waals surface area (Å²) >= 11 is 0. The van der Waals surface area contributed by atoms with E-state index in [1.165, 1.54) is 0 Å². The van der Waals surface area contributed by atoms with Gasteiger partial charge in [-0.3, -0.25) is 15.1 Å². The summed E-state index contributed by atoms with van der Waals surface area (Å²) in [4.78, 5) is 14.9. The Bertz CT molecular complexity index is 532. The number of allylic oxidation sites excluding steroid dienone is 2. The Hall–Kier alpha value is -2.23. The van der Waals surface area contributed by atoms with Crippen molar-refractivity contribution in [3.05, 3.63) is 64.2 Å². The Morgan fingerprint density at radius 3 is 2.67 bits per heavy atom. The Labute approximate surface area is 106 Å². The van der Waals surface area contributed by atoms with Crippen LogP contribution < -0.4 is 0 Å². The van der Waals surface area contributed by atoms with Crippen molar-refractivity contribution in [1.29, 1.82) is 0 Å². The summed E-state index contributed by atoms with van der Waals surface area (Å²) in [7, 11) is 0. The molecule has 1 atom stereocenters. The van der Waals surface area contributed by atoms with Crippen molar-refractivity contribution >= 4 is 11.9 Å². The van der Waals surface area contributed by atoms with Gasteiger partial charge in [0, 0.05) is 24.5 Å². The van der Waals surface area contributed by atoms with Gasteiger partial charge in [-0.25, -0.2) is 0 Å². The Balaban J connectivity index is 2.07. The van der Waals surface area contributed by atoms with Crippen molar-refractivity contribution in [2.45, 2.75) is 18.9 Å². The summed E-state index contributed by atoms with van der Waals surface area (Å²) < 4.78 is 0. The molecule has 2 rings (SSSR count). The summed E-state index contributed by atoms with van der Waals surface area (Å²) in [5.41, 5.74) is 0.789. The van der Waals surface area contributed by atoms with Crippen LogP contribution in [0.4, 0.5) is 5.69 Å². The molecular formula is C14H14N2O2. The smallest absolute Gasteiger partial charge is 0.241 e. The Morgan fingerprint density at radius 1 is 1.39 bits per heavy atom. The molecule has 1 aliphatic rings. The Morgan fingerprint density at radius 2 is 2.11 bits per heavy atom. The minimum absolute atomic E-state index is 0.259. The largest absolute Gasteiger partial charge is 0.264 e. The van der Waals surface area contributed by atoms with E-state index >= 15 is 0 Å². The van der Waals surface area contributed by atoms with E-state index in [1.807, 2.05) is 36.4 Å². The predicted molar refractivity (Wildman–Crippen MR) is 71.8 cm³/mol.